The van der Waals surface area contributed by atoms with Crippen LogP contribution < -0.4 is 18.9 Å². The predicted molar refractivity (Wildman–Crippen MR) is 115 cm³/mol. The van der Waals surface area contributed by atoms with Crippen molar-refractivity contribution in [1.82, 2.24) is 4.98 Å². The van der Waals surface area contributed by atoms with Gasteiger partial charge in [0.2, 0.25) is 10.9 Å². The molecule has 0 atom stereocenters. The van der Waals surface area contributed by atoms with Gasteiger partial charge in [0.1, 0.15) is 5.75 Å². The van der Waals surface area contributed by atoms with E-state index in [1.54, 1.807) is 46.0 Å². The fraction of sp³-hybridized carbons (Fsp3) is 0.273. The number of hydrogen-bond acceptors (Lipinski definition) is 7. The van der Waals surface area contributed by atoms with Gasteiger partial charge in [-0.25, -0.2) is 9.98 Å². The molecule has 2 aromatic carbocycles. The number of thiazole rings is 1. The van der Waals surface area contributed by atoms with E-state index in [-0.39, 0.29) is 0 Å². The Hall–Kier alpha value is -3.06. The van der Waals surface area contributed by atoms with Crippen LogP contribution in [0.3, 0.4) is 0 Å². The first kappa shape index (κ1) is 19.3. The molecule has 0 spiro atoms. The van der Waals surface area contributed by atoms with E-state index in [1.165, 1.54) is 10.4 Å². The van der Waals surface area contributed by atoms with Gasteiger partial charge in [0.15, 0.2) is 11.5 Å². The van der Waals surface area contributed by atoms with Crippen molar-refractivity contribution >= 4 is 22.7 Å². The third kappa shape index (κ3) is 3.65. The summed E-state index contributed by atoms with van der Waals surface area (Å²) in [5, 5.41) is 0.722. The average molecular weight is 410 g/mol. The molecule has 4 rings (SSSR count). The van der Waals surface area contributed by atoms with E-state index in [0.717, 1.165) is 40.5 Å². The van der Waals surface area contributed by atoms with Crippen LogP contribution in [-0.4, -0.2) is 39.6 Å². The van der Waals surface area contributed by atoms with Crippen LogP contribution in [0.5, 0.6) is 23.0 Å². The molecule has 0 fully saturated rings. The minimum Gasteiger partial charge on any atom is -0.497 e. The molecule has 0 amide bonds. The zero-order valence-corrected chi connectivity index (χ0v) is 17.6. The Bertz CT molecular complexity index is 1050. The lowest BCUT2D eigenvalue weighted by Crippen LogP contribution is -2.02. The number of aryl methyl sites for hydroxylation is 2. The van der Waals surface area contributed by atoms with Gasteiger partial charge in [-0.05, 0) is 42.7 Å². The van der Waals surface area contributed by atoms with Crippen molar-refractivity contribution in [1.29, 1.82) is 0 Å². The maximum atomic E-state index is 5.41. The number of aliphatic imine (C=N–C) groups is 1. The van der Waals surface area contributed by atoms with Gasteiger partial charge in [-0.3, -0.25) is 0 Å². The van der Waals surface area contributed by atoms with Crippen molar-refractivity contribution < 1.29 is 18.9 Å². The Balaban J connectivity index is 1.67. The SMILES string of the molecule is COc1ccc2c(c1)-c1nc(/N=C/c3cc(OC)c(OC)c(OC)c3)sc1CC2. The largest absolute Gasteiger partial charge is 0.497 e. The van der Waals surface area contributed by atoms with Gasteiger partial charge in [-0.15, -0.1) is 0 Å². The lowest BCUT2D eigenvalue weighted by atomic mass is 9.93. The molecule has 150 valence electrons. The highest BCUT2D eigenvalue weighted by atomic mass is 32.1. The molecule has 1 heterocycles. The molecule has 1 aliphatic carbocycles. The molecule has 3 aromatic rings. The number of benzene rings is 2. The number of ether oxygens (including phenoxy) is 4. The van der Waals surface area contributed by atoms with Crippen LogP contribution in [0.2, 0.25) is 0 Å². The zero-order valence-electron chi connectivity index (χ0n) is 16.8. The summed E-state index contributed by atoms with van der Waals surface area (Å²) in [4.78, 5) is 10.6. The van der Waals surface area contributed by atoms with E-state index in [9.17, 15) is 0 Å². The lowest BCUT2D eigenvalue weighted by Gasteiger charge is -2.15. The van der Waals surface area contributed by atoms with Gasteiger partial charge in [-0.2, -0.15) is 0 Å². The molecule has 0 saturated carbocycles. The molecule has 0 bridgehead atoms. The maximum absolute atomic E-state index is 5.41. The van der Waals surface area contributed by atoms with Crippen LogP contribution in [-0.2, 0) is 12.8 Å². The molecular formula is C22H22N2O4S. The summed E-state index contributed by atoms with van der Waals surface area (Å²) in [6.07, 6.45) is 3.75. The molecule has 7 heteroatoms. The average Bonchev–Trinajstić information content (AvgIpc) is 3.20. The van der Waals surface area contributed by atoms with Crippen LogP contribution in [0.4, 0.5) is 5.13 Å². The Morgan fingerprint density at radius 2 is 1.69 bits per heavy atom. The molecule has 0 saturated heterocycles. The normalized spacial score (nSPS) is 12.4. The van der Waals surface area contributed by atoms with Crippen molar-refractivity contribution in [3.8, 4) is 34.3 Å². The number of rotatable bonds is 6. The second kappa shape index (κ2) is 8.13. The quantitative estimate of drug-likeness (QED) is 0.552. The van der Waals surface area contributed by atoms with Gasteiger partial charge in [0, 0.05) is 22.2 Å². The van der Waals surface area contributed by atoms with E-state index in [4.69, 9.17) is 23.9 Å². The fourth-order valence-electron chi connectivity index (χ4n) is 3.45. The minimum atomic E-state index is 0.558. The molecule has 0 radical (unpaired) electrons. The topological polar surface area (TPSA) is 62.2 Å². The van der Waals surface area contributed by atoms with E-state index in [2.05, 4.69) is 17.1 Å². The molecule has 0 N–H and O–H groups in total. The highest BCUT2D eigenvalue weighted by molar-refractivity contribution is 7.15. The summed E-state index contributed by atoms with van der Waals surface area (Å²) in [6.45, 7) is 0. The number of fused-ring (bicyclic) bond motifs is 3. The van der Waals surface area contributed by atoms with Gasteiger partial charge in [-0.1, -0.05) is 17.4 Å². The first-order chi connectivity index (χ1) is 14.2. The predicted octanol–water partition coefficient (Wildman–Crippen LogP) is 4.69. The molecule has 0 unspecified atom stereocenters. The number of aromatic nitrogens is 1. The second-order valence-corrected chi connectivity index (χ2v) is 7.57. The smallest absolute Gasteiger partial charge is 0.209 e. The van der Waals surface area contributed by atoms with Crippen LogP contribution in [0.25, 0.3) is 11.3 Å². The van der Waals surface area contributed by atoms with Crippen LogP contribution in [0.1, 0.15) is 16.0 Å². The molecule has 29 heavy (non-hydrogen) atoms. The molecular weight excluding hydrogens is 388 g/mol. The van der Waals surface area contributed by atoms with E-state index in [1.807, 2.05) is 18.2 Å². The summed E-state index contributed by atoms with van der Waals surface area (Å²) in [6, 6.07) is 9.89. The van der Waals surface area contributed by atoms with Crippen molar-refractivity contribution in [2.75, 3.05) is 28.4 Å². The van der Waals surface area contributed by atoms with E-state index in [0.29, 0.717) is 17.2 Å². The Kier molecular flexibility index (Phi) is 5.40. The van der Waals surface area contributed by atoms with Gasteiger partial charge in [0.05, 0.1) is 34.1 Å². The van der Waals surface area contributed by atoms with Crippen LogP contribution in [0.15, 0.2) is 35.3 Å². The standard InChI is InChI=1S/C22H22N2O4S/c1-25-15-7-5-14-6-8-19-20(16(14)11-15)24-22(29-19)23-12-13-9-17(26-2)21(28-4)18(10-13)27-3/h5,7,9-12H,6,8H2,1-4H3/b23-12+. The van der Waals surface area contributed by atoms with E-state index >= 15 is 0 Å². The monoisotopic (exact) mass is 410 g/mol. The van der Waals surface area contributed by atoms with Gasteiger partial charge in [0.25, 0.3) is 0 Å². The van der Waals surface area contributed by atoms with E-state index < -0.39 is 0 Å². The Morgan fingerprint density at radius 3 is 2.34 bits per heavy atom. The summed E-state index contributed by atoms with van der Waals surface area (Å²) in [7, 11) is 6.46. The fourth-order valence-corrected chi connectivity index (χ4v) is 4.37. The molecule has 1 aliphatic rings. The highest BCUT2D eigenvalue weighted by Gasteiger charge is 2.21. The van der Waals surface area contributed by atoms with Gasteiger partial charge < -0.3 is 18.9 Å². The van der Waals surface area contributed by atoms with Gasteiger partial charge >= 0.3 is 0 Å². The molecule has 6 nitrogen and oxygen atoms in total. The summed E-state index contributed by atoms with van der Waals surface area (Å²) in [5.74, 6) is 2.58. The molecule has 0 aliphatic heterocycles. The minimum absolute atomic E-state index is 0.558. The van der Waals surface area contributed by atoms with Crippen LogP contribution >= 0.6 is 11.3 Å². The molecule has 1 aromatic heterocycles. The lowest BCUT2D eigenvalue weighted by molar-refractivity contribution is 0.324. The van der Waals surface area contributed by atoms with Crippen LogP contribution in [0, 0.1) is 0 Å². The van der Waals surface area contributed by atoms with Crippen molar-refractivity contribution in [2.45, 2.75) is 12.8 Å². The number of methoxy groups -OCH3 is 4. The number of nitrogens with zero attached hydrogens (tertiary/aromatic N) is 2. The zero-order chi connectivity index (χ0) is 20.4. The van der Waals surface area contributed by atoms with Crippen molar-refractivity contribution in [3.63, 3.8) is 0 Å². The summed E-state index contributed by atoms with van der Waals surface area (Å²) in [5.41, 5.74) is 4.28. The Labute approximate surface area is 173 Å². The first-order valence-electron chi connectivity index (χ1n) is 9.18. The first-order valence-corrected chi connectivity index (χ1v) is 9.99. The third-order valence-corrected chi connectivity index (χ3v) is 5.91. The van der Waals surface area contributed by atoms with Crippen molar-refractivity contribution in [3.05, 3.63) is 46.3 Å². The maximum Gasteiger partial charge on any atom is 0.209 e. The number of hydrogen-bond donors (Lipinski definition) is 0. The summed E-state index contributed by atoms with van der Waals surface area (Å²) < 4.78 is 21.6. The highest BCUT2D eigenvalue weighted by Crippen LogP contribution is 2.41. The third-order valence-electron chi connectivity index (χ3n) is 4.89. The van der Waals surface area contributed by atoms with Crippen molar-refractivity contribution in [2.24, 2.45) is 4.99 Å². The second-order valence-electron chi connectivity index (χ2n) is 6.51. The summed E-state index contributed by atoms with van der Waals surface area (Å²) >= 11 is 1.62. The Morgan fingerprint density at radius 1 is 0.931 bits per heavy atom.